The Morgan fingerprint density at radius 1 is 1.43 bits per heavy atom. The van der Waals surface area contributed by atoms with Crippen LogP contribution in [0.3, 0.4) is 0 Å². The predicted molar refractivity (Wildman–Crippen MR) is 73.5 cm³/mol. The summed E-state index contributed by atoms with van der Waals surface area (Å²) in [6.45, 7) is 1.68. The molecular formula is C13H16N2O6. The lowest BCUT2D eigenvalue weighted by molar-refractivity contribution is -0.385. The molecule has 0 aromatic heterocycles. The van der Waals surface area contributed by atoms with Crippen LogP contribution in [0.1, 0.15) is 23.7 Å². The summed E-state index contributed by atoms with van der Waals surface area (Å²) in [7, 11) is 1.26. The summed E-state index contributed by atoms with van der Waals surface area (Å²) in [4.78, 5) is 34.4. The highest BCUT2D eigenvalue weighted by Gasteiger charge is 2.22. The van der Waals surface area contributed by atoms with Crippen molar-refractivity contribution in [1.29, 1.82) is 0 Å². The van der Waals surface area contributed by atoms with E-state index in [1.54, 1.807) is 0 Å². The van der Waals surface area contributed by atoms with Gasteiger partial charge in [-0.15, -0.1) is 0 Å². The van der Waals surface area contributed by atoms with Crippen LogP contribution in [0.15, 0.2) is 18.2 Å². The average molecular weight is 296 g/mol. The zero-order valence-corrected chi connectivity index (χ0v) is 11.7. The number of nitro benzene ring substituents is 1. The monoisotopic (exact) mass is 296 g/mol. The number of carbonyl (C=O) groups excluding carboxylic acids is 1. The molecule has 8 nitrogen and oxygen atoms in total. The smallest absolute Gasteiger partial charge is 0.323 e. The lowest BCUT2D eigenvalue weighted by atomic mass is 10.1. The van der Waals surface area contributed by atoms with Crippen molar-refractivity contribution in [3.05, 3.63) is 33.9 Å². The molecule has 1 aromatic carbocycles. The number of methoxy groups -OCH3 is 1. The summed E-state index contributed by atoms with van der Waals surface area (Å²) < 4.78 is 4.89. The zero-order valence-electron chi connectivity index (χ0n) is 11.7. The predicted octanol–water partition coefficient (Wildman–Crippen LogP) is 1.54. The van der Waals surface area contributed by atoms with Gasteiger partial charge in [-0.1, -0.05) is 6.92 Å². The number of carboxylic acid groups (broad SMARTS) is 1. The average Bonchev–Trinajstić information content (AvgIpc) is 2.44. The highest BCUT2D eigenvalue weighted by molar-refractivity contribution is 5.96. The van der Waals surface area contributed by atoms with E-state index in [9.17, 15) is 19.7 Å². The summed E-state index contributed by atoms with van der Waals surface area (Å²) in [6.07, 6.45) is 0.600. The van der Waals surface area contributed by atoms with Gasteiger partial charge in [0.05, 0.1) is 12.0 Å². The number of hydrogen-bond donors (Lipinski definition) is 1. The fraction of sp³-hybridized carbons (Fsp3) is 0.385. The van der Waals surface area contributed by atoms with E-state index >= 15 is 0 Å². The van der Waals surface area contributed by atoms with Crippen molar-refractivity contribution in [2.24, 2.45) is 0 Å². The molecule has 8 heteroatoms. The lowest BCUT2D eigenvalue weighted by Gasteiger charge is -2.20. The third kappa shape index (κ3) is 4.16. The Kier molecular flexibility index (Phi) is 5.65. The van der Waals surface area contributed by atoms with E-state index in [1.807, 2.05) is 6.92 Å². The second-order valence-electron chi connectivity index (χ2n) is 4.26. The molecule has 0 saturated heterocycles. The Labute approximate surface area is 121 Å². The number of aliphatic carboxylic acids is 1. The van der Waals surface area contributed by atoms with Gasteiger partial charge in [0.25, 0.3) is 5.91 Å². The molecule has 0 aliphatic heterocycles. The molecule has 0 saturated carbocycles. The first kappa shape index (κ1) is 16.4. The third-order valence-electron chi connectivity index (χ3n) is 2.73. The van der Waals surface area contributed by atoms with Gasteiger partial charge in [0.1, 0.15) is 6.54 Å². The molecule has 0 fully saturated rings. The molecule has 0 heterocycles. The molecule has 0 atom stereocenters. The normalized spacial score (nSPS) is 10.0. The van der Waals surface area contributed by atoms with Crippen molar-refractivity contribution in [1.82, 2.24) is 4.90 Å². The van der Waals surface area contributed by atoms with Crippen LogP contribution in [0.4, 0.5) is 5.69 Å². The minimum atomic E-state index is -1.12. The van der Waals surface area contributed by atoms with E-state index in [2.05, 4.69) is 0 Å². The van der Waals surface area contributed by atoms with E-state index in [4.69, 9.17) is 9.84 Å². The number of amides is 1. The summed E-state index contributed by atoms with van der Waals surface area (Å²) in [5.41, 5.74) is -0.110. The van der Waals surface area contributed by atoms with Gasteiger partial charge in [0, 0.05) is 24.2 Å². The standard InChI is InChI=1S/C13H16N2O6/c1-3-6-14(8-12(16)17)13(18)9-4-5-10(15(19)20)11(7-9)21-2/h4-5,7H,3,6,8H2,1-2H3,(H,16,17). The molecule has 0 bridgehead atoms. The molecule has 1 rings (SSSR count). The quantitative estimate of drug-likeness (QED) is 0.603. The van der Waals surface area contributed by atoms with Crippen molar-refractivity contribution < 1.29 is 24.4 Å². The topological polar surface area (TPSA) is 110 Å². The van der Waals surface area contributed by atoms with Gasteiger partial charge in [-0.05, 0) is 12.5 Å². The van der Waals surface area contributed by atoms with Gasteiger partial charge in [0.2, 0.25) is 0 Å². The molecule has 1 N–H and O–H groups in total. The largest absolute Gasteiger partial charge is 0.490 e. The number of carboxylic acids is 1. The Bertz CT molecular complexity index is 558. The molecule has 0 aliphatic rings. The summed E-state index contributed by atoms with van der Waals surface area (Å²) in [5, 5.41) is 19.6. The molecule has 21 heavy (non-hydrogen) atoms. The van der Waals surface area contributed by atoms with Crippen LogP contribution in [-0.2, 0) is 4.79 Å². The summed E-state index contributed by atoms with van der Waals surface area (Å²) >= 11 is 0. The minimum Gasteiger partial charge on any atom is -0.490 e. The molecular weight excluding hydrogens is 280 g/mol. The van der Waals surface area contributed by atoms with Gasteiger partial charge in [-0.2, -0.15) is 0 Å². The van der Waals surface area contributed by atoms with Gasteiger partial charge in [-0.25, -0.2) is 0 Å². The van der Waals surface area contributed by atoms with E-state index in [0.29, 0.717) is 6.42 Å². The van der Waals surface area contributed by atoms with Crippen LogP contribution in [0.25, 0.3) is 0 Å². The summed E-state index contributed by atoms with van der Waals surface area (Å²) in [5.74, 6) is -1.67. The first-order valence-corrected chi connectivity index (χ1v) is 6.24. The van der Waals surface area contributed by atoms with Crippen LogP contribution in [0.2, 0.25) is 0 Å². The molecule has 0 spiro atoms. The number of hydrogen-bond acceptors (Lipinski definition) is 5. The number of carbonyl (C=O) groups is 2. The third-order valence-corrected chi connectivity index (χ3v) is 2.73. The molecule has 1 amide bonds. The maximum atomic E-state index is 12.3. The van der Waals surface area contributed by atoms with Crippen molar-refractivity contribution in [2.75, 3.05) is 20.2 Å². The highest BCUT2D eigenvalue weighted by atomic mass is 16.6. The fourth-order valence-corrected chi connectivity index (χ4v) is 1.83. The van der Waals surface area contributed by atoms with Gasteiger partial charge in [-0.3, -0.25) is 19.7 Å². The van der Waals surface area contributed by atoms with E-state index < -0.39 is 23.3 Å². The second-order valence-corrected chi connectivity index (χ2v) is 4.26. The van der Waals surface area contributed by atoms with Gasteiger partial charge in [0.15, 0.2) is 5.75 Å². The van der Waals surface area contributed by atoms with E-state index in [-0.39, 0.29) is 23.5 Å². The minimum absolute atomic E-state index is 0.0439. The van der Waals surface area contributed by atoms with Crippen LogP contribution < -0.4 is 4.74 Å². The summed E-state index contributed by atoms with van der Waals surface area (Å²) in [6, 6.07) is 3.69. The first-order chi connectivity index (χ1) is 9.90. The number of rotatable bonds is 7. The highest BCUT2D eigenvalue weighted by Crippen LogP contribution is 2.28. The number of nitro groups is 1. The number of ether oxygens (including phenoxy) is 1. The van der Waals surface area contributed by atoms with Gasteiger partial charge >= 0.3 is 11.7 Å². The van der Waals surface area contributed by atoms with Crippen LogP contribution in [0.5, 0.6) is 5.75 Å². The van der Waals surface area contributed by atoms with E-state index in [1.165, 1.54) is 24.1 Å². The molecule has 114 valence electrons. The Balaban J connectivity index is 3.10. The van der Waals surface area contributed by atoms with E-state index in [0.717, 1.165) is 6.07 Å². The SMILES string of the molecule is CCCN(CC(=O)O)C(=O)c1ccc([N+](=O)[O-])c(OC)c1. The molecule has 0 radical (unpaired) electrons. The second kappa shape index (κ2) is 7.22. The van der Waals surface area contributed by atoms with Crippen molar-refractivity contribution in [3.8, 4) is 5.75 Å². The van der Waals surface area contributed by atoms with Crippen LogP contribution in [-0.4, -0.2) is 47.0 Å². The van der Waals surface area contributed by atoms with Crippen LogP contribution >= 0.6 is 0 Å². The molecule has 0 unspecified atom stereocenters. The van der Waals surface area contributed by atoms with Crippen molar-refractivity contribution in [2.45, 2.75) is 13.3 Å². The Morgan fingerprint density at radius 3 is 2.57 bits per heavy atom. The maximum absolute atomic E-state index is 12.3. The zero-order chi connectivity index (χ0) is 16.0. The van der Waals surface area contributed by atoms with Crippen molar-refractivity contribution in [3.63, 3.8) is 0 Å². The number of benzene rings is 1. The number of nitrogens with zero attached hydrogens (tertiary/aromatic N) is 2. The fourth-order valence-electron chi connectivity index (χ4n) is 1.83. The lowest BCUT2D eigenvalue weighted by Crippen LogP contribution is -2.36. The van der Waals surface area contributed by atoms with Crippen LogP contribution in [0, 0.1) is 10.1 Å². The first-order valence-electron chi connectivity index (χ1n) is 6.24. The van der Waals surface area contributed by atoms with Crippen molar-refractivity contribution >= 4 is 17.6 Å². The molecule has 0 aliphatic carbocycles. The van der Waals surface area contributed by atoms with Gasteiger partial charge < -0.3 is 14.7 Å². The molecule has 1 aromatic rings. The Hall–Kier alpha value is -2.64. The maximum Gasteiger partial charge on any atom is 0.323 e. The Morgan fingerprint density at radius 2 is 2.10 bits per heavy atom.